The van der Waals surface area contributed by atoms with Crippen LogP contribution in [0.25, 0.3) is 11.4 Å². The van der Waals surface area contributed by atoms with Crippen LogP contribution in [0.4, 0.5) is 15.2 Å². The van der Waals surface area contributed by atoms with Gasteiger partial charge in [-0.15, -0.1) is 11.3 Å². The van der Waals surface area contributed by atoms with E-state index in [-0.39, 0.29) is 16.3 Å². The van der Waals surface area contributed by atoms with E-state index in [2.05, 4.69) is 15.3 Å². The van der Waals surface area contributed by atoms with Gasteiger partial charge in [0.1, 0.15) is 22.8 Å². The predicted octanol–water partition coefficient (Wildman–Crippen LogP) is 5.96. The van der Waals surface area contributed by atoms with E-state index < -0.39 is 11.8 Å². The molecule has 4 aromatic rings. The van der Waals surface area contributed by atoms with Crippen LogP contribution in [0, 0.1) is 5.82 Å². The summed E-state index contributed by atoms with van der Waals surface area (Å²) in [5.74, 6) is -1.35. The highest BCUT2D eigenvalue weighted by molar-refractivity contribution is 7.14. The molecule has 0 aliphatic rings. The highest BCUT2D eigenvalue weighted by atomic mass is 35.5. The van der Waals surface area contributed by atoms with Crippen LogP contribution in [-0.2, 0) is 0 Å². The van der Waals surface area contributed by atoms with Gasteiger partial charge in [0.15, 0.2) is 5.13 Å². The maximum absolute atomic E-state index is 13.9. The summed E-state index contributed by atoms with van der Waals surface area (Å²) in [5.41, 5.74) is 1.90. The van der Waals surface area contributed by atoms with Gasteiger partial charge in [0.2, 0.25) is 0 Å². The van der Waals surface area contributed by atoms with Crippen molar-refractivity contribution in [1.82, 2.24) is 9.97 Å². The van der Waals surface area contributed by atoms with Gasteiger partial charge in [-0.1, -0.05) is 29.8 Å². The van der Waals surface area contributed by atoms with E-state index in [0.717, 1.165) is 17.5 Å². The molecule has 0 saturated carbocycles. The van der Waals surface area contributed by atoms with Crippen LogP contribution < -0.4 is 10.1 Å². The first-order chi connectivity index (χ1) is 14.1. The van der Waals surface area contributed by atoms with Crippen LogP contribution in [0.3, 0.4) is 0 Å². The minimum atomic E-state index is -0.864. The van der Waals surface area contributed by atoms with Crippen LogP contribution in [0.2, 0.25) is 5.02 Å². The lowest BCUT2D eigenvalue weighted by Gasteiger charge is -2.08. The Balaban J connectivity index is 1.50. The zero-order valence-corrected chi connectivity index (χ0v) is 16.4. The second kappa shape index (κ2) is 8.38. The van der Waals surface area contributed by atoms with Crippen molar-refractivity contribution in [2.24, 2.45) is 0 Å². The Kier molecular flexibility index (Phi) is 5.50. The number of aromatic nitrogens is 2. The molecular formula is C21H13ClFN3O2S. The number of hydrogen-bond donors (Lipinski definition) is 1. The Morgan fingerprint density at radius 1 is 1.07 bits per heavy atom. The Morgan fingerprint density at radius 2 is 1.93 bits per heavy atom. The lowest BCUT2D eigenvalue weighted by atomic mass is 10.2. The third kappa shape index (κ3) is 4.42. The molecule has 0 aliphatic carbocycles. The first-order valence-electron chi connectivity index (χ1n) is 8.50. The first-order valence-corrected chi connectivity index (χ1v) is 9.76. The fourth-order valence-corrected chi connectivity index (χ4v) is 3.54. The number of ether oxygens (including phenoxy) is 1. The molecule has 2 aromatic carbocycles. The smallest absolute Gasteiger partial charge is 0.348 e. The molecule has 0 radical (unpaired) electrons. The molecule has 0 spiro atoms. The third-order valence-corrected chi connectivity index (χ3v) is 4.97. The number of halogens is 2. The van der Waals surface area contributed by atoms with Crippen LogP contribution in [0.5, 0.6) is 5.75 Å². The van der Waals surface area contributed by atoms with Crippen LogP contribution in [0.1, 0.15) is 10.4 Å². The van der Waals surface area contributed by atoms with Gasteiger partial charge in [0.25, 0.3) is 0 Å². The number of nitrogens with one attached hydrogen (secondary N) is 1. The first kappa shape index (κ1) is 19.0. The van der Waals surface area contributed by atoms with E-state index in [1.807, 2.05) is 23.6 Å². The number of rotatable bonds is 5. The number of nitrogens with zero attached hydrogens (tertiary/aromatic N) is 2. The summed E-state index contributed by atoms with van der Waals surface area (Å²) >= 11 is 7.34. The molecule has 2 aromatic heterocycles. The normalized spacial score (nSPS) is 10.6. The maximum atomic E-state index is 13.9. The van der Waals surface area contributed by atoms with Gasteiger partial charge in [-0.25, -0.2) is 14.2 Å². The zero-order chi connectivity index (χ0) is 20.2. The molecule has 0 unspecified atom stereocenters. The molecule has 4 rings (SSSR count). The van der Waals surface area contributed by atoms with Gasteiger partial charge < -0.3 is 10.1 Å². The lowest BCUT2D eigenvalue weighted by molar-refractivity contribution is 0.0730. The Bertz CT molecular complexity index is 1150. The quantitative estimate of drug-likeness (QED) is 0.315. The van der Waals surface area contributed by atoms with Crippen LogP contribution >= 0.6 is 22.9 Å². The van der Waals surface area contributed by atoms with Gasteiger partial charge in [-0.3, -0.25) is 4.98 Å². The van der Waals surface area contributed by atoms with Crippen molar-refractivity contribution in [3.8, 4) is 17.1 Å². The molecule has 29 heavy (non-hydrogen) atoms. The molecule has 0 saturated heterocycles. The summed E-state index contributed by atoms with van der Waals surface area (Å²) in [6.07, 6.45) is 1.71. The van der Waals surface area contributed by atoms with E-state index in [0.29, 0.717) is 10.8 Å². The summed E-state index contributed by atoms with van der Waals surface area (Å²) in [4.78, 5) is 21.1. The lowest BCUT2D eigenvalue weighted by Crippen LogP contribution is -2.11. The van der Waals surface area contributed by atoms with E-state index in [1.54, 1.807) is 30.5 Å². The molecule has 8 heteroatoms. The highest BCUT2D eigenvalue weighted by Crippen LogP contribution is 2.28. The molecule has 144 valence electrons. The number of anilines is 2. The Hall–Kier alpha value is -3.29. The zero-order valence-electron chi connectivity index (χ0n) is 14.8. The number of pyridine rings is 1. The summed E-state index contributed by atoms with van der Waals surface area (Å²) in [6, 6.07) is 16.4. The number of carbonyl (C=O) groups is 1. The fourth-order valence-electron chi connectivity index (χ4n) is 2.57. The molecule has 2 heterocycles. The van der Waals surface area contributed by atoms with Crippen molar-refractivity contribution < 1.29 is 13.9 Å². The van der Waals surface area contributed by atoms with Crippen LogP contribution in [0.15, 0.2) is 72.2 Å². The summed E-state index contributed by atoms with van der Waals surface area (Å²) in [6.45, 7) is 0. The van der Waals surface area contributed by atoms with Crippen molar-refractivity contribution >= 4 is 39.7 Å². The number of benzene rings is 2. The number of hydrogen-bond acceptors (Lipinski definition) is 6. The number of esters is 1. The average Bonchev–Trinajstić information content (AvgIpc) is 3.17. The summed E-state index contributed by atoms with van der Waals surface area (Å²) in [7, 11) is 0. The molecule has 0 bridgehead atoms. The number of carbonyl (C=O) groups excluding carboxylic acids is 1. The topological polar surface area (TPSA) is 64.1 Å². The van der Waals surface area contributed by atoms with Crippen molar-refractivity contribution in [3.63, 3.8) is 0 Å². The van der Waals surface area contributed by atoms with Gasteiger partial charge in [-0.2, -0.15) is 0 Å². The minimum Gasteiger partial charge on any atom is -0.423 e. The second-order valence-corrected chi connectivity index (χ2v) is 7.16. The molecule has 5 nitrogen and oxygen atoms in total. The van der Waals surface area contributed by atoms with E-state index in [9.17, 15) is 9.18 Å². The number of thiazole rings is 1. The molecule has 0 atom stereocenters. The summed E-state index contributed by atoms with van der Waals surface area (Å²) < 4.78 is 19.2. The van der Waals surface area contributed by atoms with Crippen molar-refractivity contribution in [1.29, 1.82) is 0 Å². The largest absolute Gasteiger partial charge is 0.423 e. The molecule has 1 N–H and O–H groups in total. The standard InChI is InChI=1S/C21H13ClFN3O2S/c22-15-7-4-8-16(23)19(15)20(27)28-14-6-3-5-13(11-14)25-21-26-18(12-29-21)17-9-1-2-10-24-17/h1-12H,(H,25,26). The van der Waals surface area contributed by atoms with E-state index in [4.69, 9.17) is 16.3 Å². The third-order valence-electron chi connectivity index (χ3n) is 3.89. The Labute approximate surface area is 174 Å². The van der Waals surface area contributed by atoms with E-state index in [1.165, 1.54) is 23.5 Å². The van der Waals surface area contributed by atoms with Gasteiger partial charge in [0, 0.05) is 23.3 Å². The highest BCUT2D eigenvalue weighted by Gasteiger charge is 2.18. The Morgan fingerprint density at radius 3 is 2.72 bits per heavy atom. The molecule has 0 amide bonds. The molecule has 0 fully saturated rings. The molecule has 0 aliphatic heterocycles. The monoisotopic (exact) mass is 425 g/mol. The minimum absolute atomic E-state index is 0.00545. The SMILES string of the molecule is O=C(Oc1cccc(Nc2nc(-c3ccccn3)cs2)c1)c1c(F)cccc1Cl. The van der Waals surface area contributed by atoms with Gasteiger partial charge in [-0.05, 0) is 36.4 Å². The summed E-state index contributed by atoms with van der Waals surface area (Å²) in [5, 5.41) is 5.71. The van der Waals surface area contributed by atoms with Crippen LogP contribution in [-0.4, -0.2) is 15.9 Å². The second-order valence-electron chi connectivity index (χ2n) is 5.89. The predicted molar refractivity (Wildman–Crippen MR) is 111 cm³/mol. The fraction of sp³-hybridized carbons (Fsp3) is 0. The van der Waals surface area contributed by atoms with E-state index >= 15 is 0 Å². The van der Waals surface area contributed by atoms with Crippen molar-refractivity contribution in [2.45, 2.75) is 0 Å². The molecular weight excluding hydrogens is 413 g/mol. The maximum Gasteiger partial charge on any atom is 0.348 e. The van der Waals surface area contributed by atoms with Gasteiger partial charge in [0.05, 0.1) is 10.7 Å². The van der Waals surface area contributed by atoms with Crippen molar-refractivity contribution in [3.05, 3.63) is 88.6 Å². The average molecular weight is 426 g/mol. The van der Waals surface area contributed by atoms with Gasteiger partial charge >= 0.3 is 5.97 Å². The van der Waals surface area contributed by atoms with Crippen molar-refractivity contribution in [2.75, 3.05) is 5.32 Å².